The van der Waals surface area contributed by atoms with Crippen LogP contribution in [0.5, 0.6) is 5.75 Å². The van der Waals surface area contributed by atoms with Crippen LogP contribution in [0, 0.1) is 0 Å². The molecule has 0 atom stereocenters. The molecule has 0 aliphatic carbocycles. The van der Waals surface area contributed by atoms with Crippen molar-refractivity contribution < 1.29 is 19.4 Å². The number of anilines is 1. The van der Waals surface area contributed by atoms with Gasteiger partial charge < -0.3 is 15.2 Å². The molecule has 0 radical (unpaired) electrons. The number of nitrogens with one attached hydrogen (secondary N) is 1. The van der Waals surface area contributed by atoms with Gasteiger partial charge in [0.1, 0.15) is 11.3 Å². The highest BCUT2D eigenvalue weighted by Gasteiger charge is 2.22. The van der Waals surface area contributed by atoms with Gasteiger partial charge in [-0.3, -0.25) is 4.79 Å². The van der Waals surface area contributed by atoms with E-state index < -0.39 is 11.9 Å². The summed E-state index contributed by atoms with van der Waals surface area (Å²) in [5.74, 6) is -1.37. The second-order valence-corrected chi connectivity index (χ2v) is 7.98. The molecule has 0 fully saturated rings. The number of methoxy groups -OCH3 is 1. The van der Waals surface area contributed by atoms with Crippen LogP contribution in [-0.2, 0) is 4.74 Å². The molecule has 0 saturated heterocycles. The Hall–Kier alpha value is -5.31. The van der Waals surface area contributed by atoms with Crippen LogP contribution in [0.3, 0.4) is 0 Å². The summed E-state index contributed by atoms with van der Waals surface area (Å²) in [5, 5.41) is 28.0. The van der Waals surface area contributed by atoms with Crippen molar-refractivity contribution in [2.45, 2.75) is 0 Å². The van der Waals surface area contributed by atoms with Gasteiger partial charge in [0.2, 0.25) is 0 Å². The van der Waals surface area contributed by atoms with Crippen molar-refractivity contribution in [3.8, 4) is 11.4 Å². The van der Waals surface area contributed by atoms with Crippen molar-refractivity contribution in [3.05, 3.63) is 108 Å². The average Bonchev–Trinajstić information content (AvgIpc) is 3.36. The molecule has 1 amide bonds. The summed E-state index contributed by atoms with van der Waals surface area (Å²) in [6.45, 7) is 0. The number of amides is 1. The number of hydrogen-bond acceptors (Lipinski definition) is 7. The molecule has 9 nitrogen and oxygen atoms in total. The molecule has 0 spiro atoms. The maximum Gasteiger partial charge on any atom is 0.343 e. The molecule has 5 rings (SSSR count). The van der Waals surface area contributed by atoms with E-state index in [0.29, 0.717) is 22.1 Å². The van der Waals surface area contributed by atoms with E-state index in [0.717, 1.165) is 0 Å². The van der Waals surface area contributed by atoms with Crippen molar-refractivity contribution in [1.82, 2.24) is 9.78 Å². The van der Waals surface area contributed by atoms with Crippen molar-refractivity contribution in [1.29, 1.82) is 0 Å². The molecule has 37 heavy (non-hydrogen) atoms. The maximum absolute atomic E-state index is 13.2. The monoisotopic (exact) mass is 491 g/mol. The smallest absolute Gasteiger partial charge is 0.343 e. The molecule has 0 aliphatic rings. The Labute approximate surface area is 211 Å². The van der Waals surface area contributed by atoms with E-state index in [1.165, 1.54) is 18.0 Å². The third kappa shape index (κ3) is 4.65. The van der Waals surface area contributed by atoms with Gasteiger partial charge in [0.05, 0.1) is 24.6 Å². The number of carbonyl (C=O) groups excluding carboxylic acids is 2. The fourth-order valence-electron chi connectivity index (χ4n) is 3.89. The van der Waals surface area contributed by atoms with E-state index in [9.17, 15) is 14.7 Å². The van der Waals surface area contributed by atoms with E-state index >= 15 is 0 Å². The number of esters is 1. The second kappa shape index (κ2) is 10.1. The zero-order valence-electron chi connectivity index (χ0n) is 19.7. The first-order chi connectivity index (χ1) is 18.1. The van der Waals surface area contributed by atoms with Gasteiger partial charge in [-0.1, -0.05) is 60.7 Å². The Morgan fingerprint density at radius 3 is 2.32 bits per heavy atom. The first-order valence-electron chi connectivity index (χ1n) is 11.3. The zero-order chi connectivity index (χ0) is 25.8. The van der Waals surface area contributed by atoms with Crippen LogP contribution in [0.25, 0.3) is 16.5 Å². The topological polar surface area (TPSA) is 118 Å². The summed E-state index contributed by atoms with van der Waals surface area (Å²) >= 11 is 0. The number of phenolic OH excluding ortho intramolecular Hbond substituents is 1. The van der Waals surface area contributed by atoms with Gasteiger partial charge in [0, 0.05) is 5.69 Å². The van der Waals surface area contributed by atoms with Gasteiger partial charge in [-0.2, -0.15) is 5.10 Å². The van der Waals surface area contributed by atoms with E-state index in [-0.39, 0.29) is 28.4 Å². The number of nitrogens with zero attached hydrogens (tertiary/aromatic N) is 4. The predicted octanol–water partition coefficient (Wildman–Crippen LogP) is 6.19. The SMILES string of the molecule is COC(=O)c1cnn(-c2ccccc2)c1/N=N/c1cc2ccccc2c(C(=O)Nc2ccccc2)c1O. The summed E-state index contributed by atoms with van der Waals surface area (Å²) < 4.78 is 6.31. The zero-order valence-corrected chi connectivity index (χ0v) is 19.7. The quantitative estimate of drug-likeness (QED) is 0.217. The van der Waals surface area contributed by atoms with Gasteiger partial charge in [-0.15, -0.1) is 10.2 Å². The van der Waals surface area contributed by atoms with Crippen LogP contribution in [0.15, 0.2) is 107 Å². The third-order valence-electron chi connectivity index (χ3n) is 5.66. The number of fused-ring (bicyclic) bond motifs is 1. The molecule has 182 valence electrons. The summed E-state index contributed by atoms with van der Waals surface area (Å²) in [6, 6.07) is 26.8. The molecule has 4 aromatic carbocycles. The fourth-order valence-corrected chi connectivity index (χ4v) is 3.89. The van der Waals surface area contributed by atoms with Gasteiger partial charge in [0.15, 0.2) is 11.6 Å². The largest absolute Gasteiger partial charge is 0.505 e. The lowest BCUT2D eigenvalue weighted by atomic mass is 10.0. The standard InChI is InChI=1S/C28H21N5O4/c1-37-28(36)22-17-29-33(20-13-6-3-7-14-20)26(22)32-31-23-16-18-10-8-9-15-21(18)24(25(23)34)27(35)30-19-11-4-2-5-12-19/h2-17,34H,1H3,(H,30,35)/b32-31+. The van der Waals surface area contributed by atoms with Crippen molar-refractivity contribution in [2.24, 2.45) is 10.2 Å². The Morgan fingerprint density at radius 2 is 1.59 bits per heavy atom. The number of aromatic nitrogens is 2. The Kier molecular flexibility index (Phi) is 6.41. The van der Waals surface area contributed by atoms with E-state index in [2.05, 4.69) is 20.6 Å². The third-order valence-corrected chi connectivity index (χ3v) is 5.66. The second-order valence-electron chi connectivity index (χ2n) is 7.98. The van der Waals surface area contributed by atoms with Crippen LogP contribution in [-0.4, -0.2) is 33.9 Å². The minimum Gasteiger partial charge on any atom is -0.505 e. The van der Waals surface area contributed by atoms with Crippen LogP contribution in [0.2, 0.25) is 0 Å². The molecule has 0 unspecified atom stereocenters. The summed E-state index contributed by atoms with van der Waals surface area (Å²) in [5.41, 5.74) is 1.43. The van der Waals surface area contributed by atoms with Crippen molar-refractivity contribution >= 4 is 39.8 Å². The lowest BCUT2D eigenvalue weighted by molar-refractivity contribution is 0.0601. The molecule has 0 bridgehead atoms. The average molecular weight is 492 g/mol. The Morgan fingerprint density at radius 1 is 0.919 bits per heavy atom. The summed E-state index contributed by atoms with van der Waals surface area (Å²) in [6.07, 6.45) is 1.34. The Bertz CT molecular complexity index is 1630. The Balaban J connectivity index is 1.62. The molecule has 5 aromatic rings. The number of azo groups is 1. The van der Waals surface area contributed by atoms with E-state index in [1.54, 1.807) is 60.7 Å². The number of rotatable bonds is 6. The minimum absolute atomic E-state index is 0.0496. The van der Waals surface area contributed by atoms with Gasteiger partial charge in [-0.05, 0) is 41.1 Å². The minimum atomic E-state index is -0.637. The fraction of sp³-hybridized carbons (Fsp3) is 0.0357. The number of hydrogen-bond donors (Lipinski definition) is 2. The van der Waals surface area contributed by atoms with E-state index in [1.807, 2.05) is 30.3 Å². The highest BCUT2D eigenvalue weighted by atomic mass is 16.5. The summed E-state index contributed by atoms with van der Waals surface area (Å²) in [4.78, 5) is 25.6. The van der Waals surface area contributed by atoms with Crippen molar-refractivity contribution in [2.75, 3.05) is 12.4 Å². The van der Waals surface area contributed by atoms with E-state index in [4.69, 9.17) is 4.74 Å². The highest BCUT2D eigenvalue weighted by Crippen LogP contribution is 2.38. The molecular weight excluding hydrogens is 470 g/mol. The van der Waals surface area contributed by atoms with Crippen LogP contribution >= 0.6 is 0 Å². The molecule has 0 saturated carbocycles. The molecular formula is C28H21N5O4. The molecule has 0 aliphatic heterocycles. The lowest BCUT2D eigenvalue weighted by Crippen LogP contribution is -2.12. The number of ether oxygens (including phenoxy) is 1. The summed E-state index contributed by atoms with van der Waals surface area (Å²) in [7, 11) is 1.26. The predicted molar refractivity (Wildman–Crippen MR) is 139 cm³/mol. The highest BCUT2D eigenvalue weighted by molar-refractivity contribution is 6.16. The van der Waals surface area contributed by atoms with Gasteiger partial charge in [-0.25, -0.2) is 9.48 Å². The number of carbonyl (C=O) groups is 2. The first kappa shape index (κ1) is 23.4. The number of para-hydroxylation sites is 2. The van der Waals surface area contributed by atoms with Gasteiger partial charge in [0.25, 0.3) is 5.91 Å². The molecule has 2 N–H and O–H groups in total. The number of aromatic hydroxyl groups is 1. The lowest BCUT2D eigenvalue weighted by Gasteiger charge is -2.12. The molecule has 9 heteroatoms. The van der Waals surface area contributed by atoms with Crippen LogP contribution in [0.1, 0.15) is 20.7 Å². The first-order valence-corrected chi connectivity index (χ1v) is 11.3. The molecule has 1 aromatic heterocycles. The van der Waals surface area contributed by atoms with Crippen molar-refractivity contribution in [3.63, 3.8) is 0 Å². The number of phenols is 1. The van der Waals surface area contributed by atoms with Gasteiger partial charge >= 0.3 is 5.97 Å². The van der Waals surface area contributed by atoms with Crippen LogP contribution < -0.4 is 5.32 Å². The normalized spacial score (nSPS) is 11.1. The molecule has 1 heterocycles. The number of benzene rings is 4. The maximum atomic E-state index is 13.2. The van der Waals surface area contributed by atoms with Crippen LogP contribution in [0.4, 0.5) is 17.2 Å².